The van der Waals surface area contributed by atoms with Gasteiger partial charge in [0.15, 0.2) is 5.78 Å². The molecule has 6 nitrogen and oxygen atoms in total. The zero-order chi connectivity index (χ0) is 32.0. The Labute approximate surface area is 272 Å². The average Bonchev–Trinajstić information content (AvgIpc) is 3.10. The smallest absolute Gasteiger partial charge is 0.208 e. The van der Waals surface area contributed by atoms with Gasteiger partial charge in [-0.25, -0.2) is 4.85 Å². The third-order valence-corrected chi connectivity index (χ3v) is 10.3. The highest BCUT2D eigenvalue weighted by Gasteiger charge is 2.21. The molecule has 2 aromatic rings. The number of pyridine rings is 2. The number of hydrogen-bond acceptors (Lipinski definition) is 5. The second-order valence-electron chi connectivity index (χ2n) is 13.4. The molecule has 4 aliphatic rings. The van der Waals surface area contributed by atoms with Crippen LogP contribution in [0.25, 0.3) is 4.85 Å². The molecule has 242 valence electrons. The van der Waals surface area contributed by atoms with Gasteiger partial charge in [0.25, 0.3) is 0 Å². The fourth-order valence-corrected chi connectivity index (χ4v) is 7.35. The molecule has 0 aliphatic heterocycles. The molecule has 6 heteroatoms. The van der Waals surface area contributed by atoms with Gasteiger partial charge in [-0.2, -0.15) is 0 Å². The van der Waals surface area contributed by atoms with Crippen molar-refractivity contribution in [2.75, 3.05) is 6.54 Å². The van der Waals surface area contributed by atoms with Gasteiger partial charge < -0.3 is 11.5 Å². The normalized spacial score (nSPS) is 19.7. The van der Waals surface area contributed by atoms with Crippen molar-refractivity contribution in [1.82, 2.24) is 9.97 Å². The minimum atomic E-state index is 0.206. The lowest BCUT2D eigenvalue weighted by Gasteiger charge is -2.25. The summed E-state index contributed by atoms with van der Waals surface area (Å²) in [5.74, 6) is 2.27. The van der Waals surface area contributed by atoms with E-state index in [-0.39, 0.29) is 5.78 Å². The van der Waals surface area contributed by atoms with E-state index in [0.717, 1.165) is 28.6 Å². The number of carbonyl (C=O) groups excluding carboxylic acids is 1. The maximum Gasteiger partial charge on any atom is 0.208 e. The fraction of sp³-hybridized carbons (Fsp3) is 0.590. The summed E-state index contributed by atoms with van der Waals surface area (Å²) in [7, 11) is 0. The Morgan fingerprint density at radius 1 is 0.733 bits per heavy atom. The van der Waals surface area contributed by atoms with Gasteiger partial charge in [-0.15, -0.1) is 0 Å². The molecule has 0 spiro atoms. The van der Waals surface area contributed by atoms with Crippen LogP contribution in [0.1, 0.15) is 143 Å². The number of aryl methyl sites for hydroxylation is 2. The highest BCUT2D eigenvalue weighted by Crippen LogP contribution is 2.35. The van der Waals surface area contributed by atoms with Crippen LogP contribution in [0, 0.1) is 26.3 Å². The van der Waals surface area contributed by atoms with Gasteiger partial charge in [0.05, 0.1) is 6.57 Å². The second-order valence-corrected chi connectivity index (χ2v) is 13.4. The van der Waals surface area contributed by atoms with Gasteiger partial charge in [0.1, 0.15) is 0 Å². The standard InChI is InChI=1S/C13H16N2.C13H20N2.C13H19NO/c1-10-13(14-2)8-12(9-15-10)11-6-4-3-5-7-11;1-10-12(8-14)7-13(9-15-10)11-5-3-2-4-6-11;14-9-12-8-11(6-7-13(12)15)10-4-2-1-3-5-10/h8-9,11H,3-7H2,1H3;7,9,11H,2-6,8,14H2,1H3;6,8,10H,1-5,7,9,14H2. The van der Waals surface area contributed by atoms with Crippen LogP contribution in [0.4, 0.5) is 5.69 Å². The zero-order valence-electron chi connectivity index (χ0n) is 27.8. The third-order valence-electron chi connectivity index (χ3n) is 10.3. The average molecular weight is 610 g/mol. The Balaban J connectivity index is 0.000000154. The lowest BCUT2D eigenvalue weighted by molar-refractivity contribution is -0.114. The van der Waals surface area contributed by atoms with Gasteiger partial charge in [-0.1, -0.05) is 76.0 Å². The van der Waals surface area contributed by atoms with E-state index < -0.39 is 0 Å². The number of nitrogens with two attached hydrogens (primary N) is 2. The van der Waals surface area contributed by atoms with E-state index >= 15 is 0 Å². The van der Waals surface area contributed by atoms with Crippen LogP contribution in [-0.2, 0) is 11.3 Å². The summed E-state index contributed by atoms with van der Waals surface area (Å²) in [6.45, 7) is 12.0. The largest absolute Gasteiger partial charge is 0.326 e. The first-order valence-corrected chi connectivity index (χ1v) is 17.6. The van der Waals surface area contributed by atoms with Crippen LogP contribution in [0.2, 0.25) is 0 Å². The Hall–Kier alpha value is -3.14. The summed E-state index contributed by atoms with van der Waals surface area (Å²) in [5, 5.41) is 0. The third kappa shape index (κ3) is 10.2. The van der Waals surface area contributed by atoms with Crippen LogP contribution in [-0.4, -0.2) is 22.3 Å². The molecule has 6 rings (SSSR count). The lowest BCUT2D eigenvalue weighted by atomic mass is 9.80. The molecular formula is C39H55N5O. The Kier molecular flexibility index (Phi) is 14.0. The summed E-state index contributed by atoms with van der Waals surface area (Å²) < 4.78 is 0. The van der Waals surface area contributed by atoms with Crippen molar-refractivity contribution < 1.29 is 4.79 Å². The van der Waals surface area contributed by atoms with E-state index in [4.69, 9.17) is 18.0 Å². The van der Waals surface area contributed by atoms with Crippen LogP contribution in [0.3, 0.4) is 0 Å². The van der Waals surface area contributed by atoms with E-state index in [1.165, 1.54) is 119 Å². The summed E-state index contributed by atoms with van der Waals surface area (Å²) >= 11 is 0. The summed E-state index contributed by atoms with van der Waals surface area (Å²) in [6, 6.07) is 4.30. The number of hydrogen-bond donors (Lipinski definition) is 2. The molecule has 0 amide bonds. The van der Waals surface area contributed by atoms with E-state index in [1.54, 1.807) is 0 Å². The number of ketones is 1. The molecule has 2 aromatic heterocycles. The molecule has 0 bridgehead atoms. The predicted molar refractivity (Wildman–Crippen MR) is 185 cm³/mol. The maximum atomic E-state index is 11.5. The molecular weight excluding hydrogens is 554 g/mol. The highest BCUT2D eigenvalue weighted by molar-refractivity contribution is 5.98. The zero-order valence-corrected chi connectivity index (χ0v) is 27.8. The van der Waals surface area contributed by atoms with Crippen molar-refractivity contribution in [1.29, 1.82) is 0 Å². The van der Waals surface area contributed by atoms with Crippen molar-refractivity contribution in [3.8, 4) is 0 Å². The molecule has 0 saturated heterocycles. The van der Waals surface area contributed by atoms with Crippen molar-refractivity contribution in [3.63, 3.8) is 0 Å². The topological polar surface area (TPSA) is 99.2 Å². The first-order chi connectivity index (χ1) is 21.9. The molecule has 45 heavy (non-hydrogen) atoms. The SMILES string of the molecule is Cc1ncc(C2CCCCC2)cc1CN.NCC1=CC(C2CCCCC2)=CCC1=O.[C-]#[N+]c1cc(C2CCCCC2)cnc1C. The molecule has 4 aliphatic carbocycles. The number of rotatable bonds is 5. The maximum absolute atomic E-state index is 11.5. The predicted octanol–water partition coefficient (Wildman–Crippen LogP) is 9.24. The van der Waals surface area contributed by atoms with E-state index in [9.17, 15) is 4.79 Å². The van der Waals surface area contributed by atoms with Crippen molar-refractivity contribution in [2.45, 2.75) is 135 Å². The van der Waals surface area contributed by atoms with Gasteiger partial charge in [0.2, 0.25) is 5.69 Å². The summed E-state index contributed by atoms with van der Waals surface area (Å²) in [4.78, 5) is 23.7. The molecule has 0 aromatic carbocycles. The van der Waals surface area contributed by atoms with Crippen molar-refractivity contribution in [3.05, 3.63) is 87.3 Å². The second kappa shape index (κ2) is 18.1. The molecule has 0 unspecified atom stereocenters. The van der Waals surface area contributed by atoms with E-state index in [0.29, 0.717) is 31.3 Å². The highest BCUT2D eigenvalue weighted by atomic mass is 16.1. The minimum Gasteiger partial charge on any atom is -0.326 e. The Morgan fingerprint density at radius 2 is 1.24 bits per heavy atom. The molecule has 3 saturated carbocycles. The molecule has 3 fully saturated rings. The van der Waals surface area contributed by atoms with Gasteiger partial charge >= 0.3 is 0 Å². The number of allylic oxidation sites excluding steroid dienone is 3. The number of Topliss-reactive ketones (excluding diaryl/α,β-unsaturated/α-hetero) is 1. The number of nitrogens with zero attached hydrogens (tertiary/aromatic N) is 3. The Bertz CT molecular complexity index is 1350. The summed E-state index contributed by atoms with van der Waals surface area (Å²) in [5.41, 5.74) is 20.0. The number of carbonyl (C=O) groups is 1. The summed E-state index contributed by atoms with van der Waals surface area (Å²) in [6.07, 6.45) is 28.7. The van der Waals surface area contributed by atoms with Crippen LogP contribution >= 0.6 is 0 Å². The minimum absolute atomic E-state index is 0.206. The quantitative estimate of drug-likeness (QED) is 0.329. The first kappa shape index (κ1) is 34.7. The molecule has 0 atom stereocenters. The monoisotopic (exact) mass is 609 g/mol. The van der Waals surface area contributed by atoms with Crippen LogP contribution < -0.4 is 11.5 Å². The van der Waals surface area contributed by atoms with Crippen LogP contribution in [0.5, 0.6) is 0 Å². The Morgan fingerprint density at radius 3 is 1.76 bits per heavy atom. The van der Waals surface area contributed by atoms with E-state index in [1.807, 2.05) is 38.4 Å². The fourth-order valence-electron chi connectivity index (χ4n) is 7.35. The first-order valence-electron chi connectivity index (χ1n) is 17.6. The van der Waals surface area contributed by atoms with Gasteiger partial charge in [-0.05, 0) is 98.5 Å². The van der Waals surface area contributed by atoms with Crippen molar-refractivity contribution in [2.24, 2.45) is 17.4 Å². The van der Waals surface area contributed by atoms with E-state index in [2.05, 4.69) is 27.0 Å². The van der Waals surface area contributed by atoms with Gasteiger partial charge in [0, 0.05) is 48.9 Å². The molecule has 2 heterocycles. The molecule has 0 radical (unpaired) electrons. The number of aromatic nitrogens is 2. The van der Waals surface area contributed by atoms with Crippen molar-refractivity contribution >= 4 is 11.5 Å². The van der Waals surface area contributed by atoms with Gasteiger partial charge in [-0.3, -0.25) is 14.8 Å². The molecule has 4 N–H and O–H groups in total. The van der Waals surface area contributed by atoms with Crippen LogP contribution in [0.15, 0.2) is 47.8 Å². The lowest BCUT2D eigenvalue weighted by Crippen LogP contribution is -2.18.